The monoisotopic (exact) mass is 248 g/mol. The summed E-state index contributed by atoms with van der Waals surface area (Å²) < 4.78 is 9.31. The minimum Gasteiger partial charge on any atom is -0.464 e. The Morgan fingerprint density at radius 2 is 2.12 bits per heavy atom. The number of carbonyl (C=O) groups excluding carboxylic acids is 2. The van der Waals surface area contributed by atoms with Crippen molar-refractivity contribution in [3.63, 3.8) is 0 Å². The fraction of sp³-hybridized carbons (Fsp3) is 0.800. The van der Waals surface area contributed by atoms with Crippen molar-refractivity contribution >= 4 is 11.9 Å². The van der Waals surface area contributed by atoms with E-state index in [1.165, 1.54) is 7.11 Å². The summed E-state index contributed by atoms with van der Waals surface area (Å²) in [5.41, 5.74) is 5.35. The second kappa shape index (κ2) is 8.91. The molecule has 0 saturated heterocycles. The van der Waals surface area contributed by atoms with Gasteiger partial charge in [0.2, 0.25) is 5.91 Å². The van der Waals surface area contributed by atoms with Crippen LogP contribution in [-0.4, -0.2) is 56.0 Å². The molecule has 0 aromatic heterocycles. The number of aliphatic hydroxyl groups is 1. The van der Waals surface area contributed by atoms with Gasteiger partial charge in [-0.3, -0.25) is 4.79 Å². The van der Waals surface area contributed by atoms with Gasteiger partial charge in [-0.25, -0.2) is 4.79 Å². The van der Waals surface area contributed by atoms with E-state index in [1.54, 1.807) is 6.92 Å². The number of carbonyl (C=O) groups is 2. The maximum Gasteiger partial charge on any atom is 0.332 e. The van der Waals surface area contributed by atoms with Crippen LogP contribution < -0.4 is 11.1 Å². The lowest BCUT2D eigenvalue weighted by atomic mass is 10.2. The van der Waals surface area contributed by atoms with E-state index in [0.717, 1.165) is 0 Å². The summed E-state index contributed by atoms with van der Waals surface area (Å²) in [5.74, 6) is -1.38. The van der Waals surface area contributed by atoms with Gasteiger partial charge in [-0.15, -0.1) is 0 Å². The number of esters is 1. The molecule has 17 heavy (non-hydrogen) atoms. The summed E-state index contributed by atoms with van der Waals surface area (Å²) in [6.07, 6.45) is -0.325. The van der Waals surface area contributed by atoms with Crippen molar-refractivity contribution in [2.24, 2.45) is 5.73 Å². The van der Waals surface area contributed by atoms with Crippen molar-refractivity contribution in [2.75, 3.05) is 26.9 Å². The number of methoxy groups -OCH3 is 1. The number of nitrogens with two attached hydrogens (primary N) is 1. The van der Waals surface area contributed by atoms with Crippen LogP contribution >= 0.6 is 0 Å². The van der Waals surface area contributed by atoms with Crippen LogP contribution in [0.4, 0.5) is 0 Å². The smallest absolute Gasteiger partial charge is 0.332 e. The zero-order chi connectivity index (χ0) is 13.3. The molecule has 0 rings (SSSR count). The quantitative estimate of drug-likeness (QED) is 0.352. The fourth-order valence-corrected chi connectivity index (χ4v) is 1.09. The SMILES string of the molecule is CCOC(=O)C(N)C(=O)NCCC(O)COC. The first kappa shape index (κ1) is 15.8. The molecule has 0 aromatic rings. The van der Waals surface area contributed by atoms with E-state index < -0.39 is 24.0 Å². The zero-order valence-electron chi connectivity index (χ0n) is 10.1. The number of amides is 1. The summed E-state index contributed by atoms with van der Waals surface area (Å²) in [6, 6.07) is -1.32. The highest BCUT2D eigenvalue weighted by molar-refractivity contribution is 6.01. The molecule has 0 aliphatic rings. The van der Waals surface area contributed by atoms with Crippen molar-refractivity contribution in [3.05, 3.63) is 0 Å². The van der Waals surface area contributed by atoms with Gasteiger partial charge in [0, 0.05) is 13.7 Å². The van der Waals surface area contributed by atoms with Crippen LogP contribution in [0.1, 0.15) is 13.3 Å². The van der Waals surface area contributed by atoms with Crippen LogP contribution in [0.3, 0.4) is 0 Å². The minimum absolute atomic E-state index is 0.173. The first-order chi connectivity index (χ1) is 8.02. The van der Waals surface area contributed by atoms with Gasteiger partial charge in [-0.1, -0.05) is 0 Å². The lowest BCUT2D eigenvalue weighted by Gasteiger charge is -2.13. The first-order valence-corrected chi connectivity index (χ1v) is 5.39. The maximum absolute atomic E-state index is 11.3. The Morgan fingerprint density at radius 1 is 1.47 bits per heavy atom. The van der Waals surface area contributed by atoms with Gasteiger partial charge in [-0.2, -0.15) is 0 Å². The topological polar surface area (TPSA) is 111 Å². The molecule has 0 heterocycles. The molecule has 1 amide bonds. The third-order valence-electron chi connectivity index (χ3n) is 1.96. The summed E-state index contributed by atoms with van der Waals surface area (Å²) in [6.45, 7) is 2.21. The molecule has 0 spiro atoms. The summed E-state index contributed by atoms with van der Waals surface area (Å²) in [4.78, 5) is 22.5. The molecule has 0 aliphatic carbocycles. The molecule has 0 radical (unpaired) electrons. The second-order valence-electron chi connectivity index (χ2n) is 3.42. The molecule has 7 nitrogen and oxygen atoms in total. The number of nitrogens with one attached hydrogen (secondary N) is 1. The molecule has 0 bridgehead atoms. The number of hydrogen-bond donors (Lipinski definition) is 3. The molecule has 100 valence electrons. The number of rotatable bonds is 8. The van der Waals surface area contributed by atoms with Gasteiger partial charge in [0.1, 0.15) is 0 Å². The van der Waals surface area contributed by atoms with Crippen molar-refractivity contribution in [1.82, 2.24) is 5.32 Å². The highest BCUT2D eigenvalue weighted by Crippen LogP contribution is 1.91. The van der Waals surface area contributed by atoms with Crippen molar-refractivity contribution in [3.8, 4) is 0 Å². The number of hydrogen-bond acceptors (Lipinski definition) is 6. The lowest BCUT2D eigenvalue weighted by Crippen LogP contribution is -2.47. The first-order valence-electron chi connectivity index (χ1n) is 5.39. The Bertz CT molecular complexity index is 247. The molecule has 0 aliphatic heterocycles. The second-order valence-corrected chi connectivity index (χ2v) is 3.42. The molecular formula is C10H20N2O5. The molecule has 0 aromatic carbocycles. The van der Waals surface area contributed by atoms with Crippen molar-refractivity contribution in [1.29, 1.82) is 0 Å². The summed E-state index contributed by atoms with van der Waals surface area (Å²) >= 11 is 0. The number of ether oxygens (including phenoxy) is 2. The van der Waals surface area contributed by atoms with Gasteiger partial charge in [0.25, 0.3) is 0 Å². The standard InChI is InChI=1S/C10H20N2O5/c1-3-17-10(15)8(11)9(14)12-5-4-7(13)6-16-2/h7-8,13H,3-6,11H2,1-2H3,(H,12,14). The van der Waals surface area contributed by atoms with Crippen LogP contribution in [0, 0.1) is 0 Å². The predicted octanol–water partition coefficient (Wildman–Crippen LogP) is -1.61. The van der Waals surface area contributed by atoms with Crippen LogP contribution in [0.15, 0.2) is 0 Å². The van der Waals surface area contributed by atoms with E-state index in [9.17, 15) is 14.7 Å². The van der Waals surface area contributed by atoms with Crippen molar-refractivity contribution < 1.29 is 24.2 Å². The zero-order valence-corrected chi connectivity index (χ0v) is 10.1. The van der Waals surface area contributed by atoms with E-state index in [4.69, 9.17) is 10.5 Å². The van der Waals surface area contributed by atoms with Crippen LogP contribution in [0.5, 0.6) is 0 Å². The van der Waals surface area contributed by atoms with E-state index >= 15 is 0 Å². The summed E-state index contributed by atoms with van der Waals surface area (Å²) in [7, 11) is 1.47. The highest BCUT2D eigenvalue weighted by Gasteiger charge is 2.22. The Kier molecular flexibility index (Phi) is 8.29. The lowest BCUT2D eigenvalue weighted by molar-refractivity contribution is -0.147. The normalized spacial score (nSPS) is 13.9. The van der Waals surface area contributed by atoms with Crippen LogP contribution in [0.2, 0.25) is 0 Å². The molecule has 0 saturated carbocycles. The van der Waals surface area contributed by atoms with Crippen molar-refractivity contribution in [2.45, 2.75) is 25.5 Å². The Balaban J connectivity index is 3.81. The van der Waals surface area contributed by atoms with E-state index in [1.807, 2.05) is 0 Å². The molecule has 7 heteroatoms. The van der Waals surface area contributed by atoms with Gasteiger partial charge < -0.3 is 25.6 Å². The van der Waals surface area contributed by atoms with Gasteiger partial charge in [0.05, 0.1) is 19.3 Å². The molecular weight excluding hydrogens is 228 g/mol. The molecule has 0 fully saturated rings. The average Bonchev–Trinajstić information content (AvgIpc) is 2.28. The Morgan fingerprint density at radius 3 is 2.65 bits per heavy atom. The number of aliphatic hydroxyl groups excluding tert-OH is 1. The molecule has 2 atom stereocenters. The molecule has 2 unspecified atom stereocenters. The third kappa shape index (κ3) is 6.88. The van der Waals surface area contributed by atoms with E-state index in [-0.39, 0.29) is 19.8 Å². The minimum atomic E-state index is -1.32. The van der Waals surface area contributed by atoms with Crippen LogP contribution in [0.25, 0.3) is 0 Å². The van der Waals surface area contributed by atoms with Gasteiger partial charge in [-0.05, 0) is 13.3 Å². The highest BCUT2D eigenvalue weighted by atomic mass is 16.5. The molecule has 4 N–H and O–H groups in total. The van der Waals surface area contributed by atoms with E-state index in [0.29, 0.717) is 6.42 Å². The third-order valence-corrected chi connectivity index (χ3v) is 1.96. The predicted molar refractivity (Wildman–Crippen MR) is 60.1 cm³/mol. The largest absolute Gasteiger partial charge is 0.464 e. The van der Waals surface area contributed by atoms with Crippen LogP contribution in [-0.2, 0) is 19.1 Å². The fourth-order valence-electron chi connectivity index (χ4n) is 1.09. The Labute approximate surface area is 100 Å². The Hall–Kier alpha value is -1.18. The maximum atomic E-state index is 11.3. The van der Waals surface area contributed by atoms with Gasteiger partial charge >= 0.3 is 5.97 Å². The van der Waals surface area contributed by atoms with E-state index in [2.05, 4.69) is 10.1 Å². The average molecular weight is 248 g/mol. The summed E-state index contributed by atoms with van der Waals surface area (Å²) in [5, 5.41) is 11.7. The van der Waals surface area contributed by atoms with Gasteiger partial charge in [0.15, 0.2) is 6.04 Å².